The molecule has 1 N–H and O–H groups in total. The topological polar surface area (TPSA) is 57.6 Å². The minimum absolute atomic E-state index is 0.155. The van der Waals surface area contributed by atoms with Crippen LogP contribution in [-0.2, 0) is 10.1 Å². The Morgan fingerprint density at radius 1 is 0.514 bits per heavy atom. The van der Waals surface area contributed by atoms with Crippen molar-refractivity contribution in [3.8, 4) is 0 Å². The number of rotatable bonds is 29. The lowest BCUT2D eigenvalue weighted by molar-refractivity contribution is 0.143. The highest BCUT2D eigenvalue weighted by molar-refractivity contribution is 7.85. The summed E-state index contributed by atoms with van der Waals surface area (Å²) in [7, 11) is -3.92. The third-order valence-electron chi connectivity index (χ3n) is 8.19. The van der Waals surface area contributed by atoms with Crippen LogP contribution in [0.2, 0.25) is 0 Å². The molecule has 0 bridgehead atoms. The summed E-state index contributed by atoms with van der Waals surface area (Å²) in [4.78, 5) is 2.35. The van der Waals surface area contributed by atoms with Crippen LogP contribution < -0.4 is 0 Å². The highest BCUT2D eigenvalue weighted by Gasteiger charge is 2.21. The Hall–Kier alpha value is -0.130. The van der Waals surface area contributed by atoms with Crippen molar-refractivity contribution in [2.45, 2.75) is 194 Å². The molecule has 0 heterocycles. The summed E-state index contributed by atoms with van der Waals surface area (Å²) in [6, 6.07) is 0.728. The largest absolute Gasteiger partial charge is 0.297 e. The first-order chi connectivity index (χ1) is 17.8. The summed E-state index contributed by atoms with van der Waals surface area (Å²) in [5, 5.41) is 0. The SMILES string of the molecule is CCCCCCCCCCCCCC(C)N(CCS(=O)(=O)O)C(C)CCCCCCCCCCCCC. The molecule has 5 heteroatoms. The molecule has 0 saturated carbocycles. The van der Waals surface area contributed by atoms with Gasteiger partial charge in [0.1, 0.15) is 0 Å². The van der Waals surface area contributed by atoms with Gasteiger partial charge in [-0.25, -0.2) is 0 Å². The van der Waals surface area contributed by atoms with Gasteiger partial charge in [-0.05, 0) is 26.7 Å². The van der Waals surface area contributed by atoms with E-state index in [9.17, 15) is 13.0 Å². The van der Waals surface area contributed by atoms with Gasteiger partial charge in [-0.3, -0.25) is 9.45 Å². The van der Waals surface area contributed by atoms with Gasteiger partial charge in [0.05, 0.1) is 5.75 Å². The van der Waals surface area contributed by atoms with Crippen LogP contribution in [0.3, 0.4) is 0 Å². The van der Waals surface area contributed by atoms with Gasteiger partial charge in [0, 0.05) is 18.6 Å². The van der Waals surface area contributed by atoms with E-state index >= 15 is 0 Å². The maximum absolute atomic E-state index is 11.4. The molecular formula is C32H67NO3S. The Morgan fingerprint density at radius 3 is 1.05 bits per heavy atom. The number of hydrogen-bond donors (Lipinski definition) is 1. The number of nitrogens with zero attached hydrogens (tertiary/aromatic N) is 1. The molecule has 0 amide bonds. The molecule has 2 atom stereocenters. The summed E-state index contributed by atoms with van der Waals surface area (Å²) in [6.45, 7) is 9.48. The summed E-state index contributed by atoms with van der Waals surface area (Å²) >= 11 is 0. The average Bonchev–Trinajstić information content (AvgIpc) is 2.85. The fourth-order valence-corrected chi connectivity index (χ4v) is 6.08. The second kappa shape index (κ2) is 26.1. The van der Waals surface area contributed by atoms with Crippen molar-refractivity contribution in [1.82, 2.24) is 4.90 Å². The van der Waals surface area contributed by atoms with Crippen LogP contribution in [0.1, 0.15) is 182 Å². The minimum Gasteiger partial charge on any atom is -0.297 e. The van der Waals surface area contributed by atoms with Gasteiger partial charge in [-0.15, -0.1) is 0 Å². The lowest BCUT2D eigenvalue weighted by Crippen LogP contribution is -2.43. The zero-order chi connectivity index (χ0) is 27.6. The van der Waals surface area contributed by atoms with Gasteiger partial charge < -0.3 is 0 Å². The van der Waals surface area contributed by atoms with Crippen molar-refractivity contribution >= 4 is 10.1 Å². The van der Waals surface area contributed by atoms with Crippen molar-refractivity contribution in [3.63, 3.8) is 0 Å². The van der Waals surface area contributed by atoms with Crippen LogP contribution >= 0.6 is 0 Å². The third kappa shape index (κ3) is 25.9. The van der Waals surface area contributed by atoms with E-state index in [1.807, 2.05) is 0 Å². The van der Waals surface area contributed by atoms with E-state index in [0.29, 0.717) is 18.6 Å². The van der Waals surface area contributed by atoms with Crippen molar-refractivity contribution in [1.29, 1.82) is 0 Å². The van der Waals surface area contributed by atoms with Crippen LogP contribution in [0, 0.1) is 0 Å². The Balaban J connectivity index is 4.09. The predicted molar refractivity (Wildman–Crippen MR) is 164 cm³/mol. The molecule has 2 unspecified atom stereocenters. The molecule has 0 aliphatic heterocycles. The molecule has 0 aliphatic rings. The lowest BCUT2D eigenvalue weighted by Gasteiger charge is -2.34. The molecule has 0 rings (SSSR count). The fourth-order valence-electron chi connectivity index (χ4n) is 5.64. The monoisotopic (exact) mass is 545 g/mol. The standard InChI is InChI=1S/C32H67NO3S/c1-5-7-9-11-13-15-17-19-21-23-25-27-31(3)33(29-30-37(34,35)36)32(4)28-26-24-22-20-18-16-14-12-10-8-6-2/h31-32H,5-30H2,1-4H3,(H,34,35,36). The van der Waals surface area contributed by atoms with Gasteiger partial charge in [-0.1, -0.05) is 155 Å². The van der Waals surface area contributed by atoms with Gasteiger partial charge >= 0.3 is 0 Å². The first-order valence-corrected chi connectivity index (χ1v) is 18.1. The lowest BCUT2D eigenvalue weighted by atomic mass is 10.0. The first kappa shape index (κ1) is 36.9. The van der Waals surface area contributed by atoms with Crippen LogP contribution in [0.25, 0.3) is 0 Å². The summed E-state index contributed by atoms with van der Waals surface area (Å²) in [5.41, 5.74) is 0. The second-order valence-electron chi connectivity index (χ2n) is 11.9. The van der Waals surface area contributed by atoms with Gasteiger partial charge in [0.25, 0.3) is 10.1 Å². The molecule has 0 spiro atoms. The summed E-state index contributed by atoms with van der Waals surface area (Å²) < 4.78 is 32.2. The molecule has 224 valence electrons. The summed E-state index contributed by atoms with van der Waals surface area (Å²) in [5.74, 6) is -0.155. The third-order valence-corrected chi connectivity index (χ3v) is 8.89. The second-order valence-corrected chi connectivity index (χ2v) is 13.4. The Kier molecular flexibility index (Phi) is 26.0. The van der Waals surface area contributed by atoms with Gasteiger partial charge in [0.15, 0.2) is 0 Å². The zero-order valence-electron chi connectivity index (χ0n) is 25.7. The molecule has 37 heavy (non-hydrogen) atoms. The van der Waals surface area contributed by atoms with Crippen molar-refractivity contribution < 1.29 is 13.0 Å². The van der Waals surface area contributed by atoms with E-state index < -0.39 is 10.1 Å². The van der Waals surface area contributed by atoms with Crippen LogP contribution in [0.15, 0.2) is 0 Å². The molecule has 4 nitrogen and oxygen atoms in total. The molecule has 0 fully saturated rings. The van der Waals surface area contributed by atoms with E-state index in [4.69, 9.17) is 0 Å². The highest BCUT2D eigenvalue weighted by atomic mass is 32.2. The van der Waals surface area contributed by atoms with Crippen molar-refractivity contribution in [2.24, 2.45) is 0 Å². The van der Waals surface area contributed by atoms with E-state index in [1.54, 1.807) is 0 Å². The van der Waals surface area contributed by atoms with Crippen LogP contribution in [-0.4, -0.2) is 42.3 Å². The maximum atomic E-state index is 11.4. The van der Waals surface area contributed by atoms with Crippen molar-refractivity contribution in [3.05, 3.63) is 0 Å². The molecule has 0 aromatic carbocycles. The van der Waals surface area contributed by atoms with Gasteiger partial charge in [0.2, 0.25) is 0 Å². The van der Waals surface area contributed by atoms with Crippen LogP contribution in [0.4, 0.5) is 0 Å². The minimum atomic E-state index is -3.92. The highest BCUT2D eigenvalue weighted by Crippen LogP contribution is 2.19. The quantitative estimate of drug-likeness (QED) is 0.0750. The van der Waals surface area contributed by atoms with E-state index in [2.05, 4.69) is 32.6 Å². The number of hydrogen-bond acceptors (Lipinski definition) is 3. The van der Waals surface area contributed by atoms with E-state index in [-0.39, 0.29) is 5.75 Å². The van der Waals surface area contributed by atoms with E-state index in [0.717, 1.165) is 12.8 Å². The Morgan fingerprint density at radius 2 is 0.784 bits per heavy atom. The van der Waals surface area contributed by atoms with Gasteiger partial charge in [-0.2, -0.15) is 8.42 Å². The zero-order valence-corrected chi connectivity index (χ0v) is 26.5. The fraction of sp³-hybridized carbons (Fsp3) is 1.00. The Bertz CT molecular complexity index is 534. The van der Waals surface area contributed by atoms with Crippen molar-refractivity contribution in [2.75, 3.05) is 12.3 Å². The molecule has 0 aromatic heterocycles. The molecule has 0 saturated heterocycles. The predicted octanol–water partition coefficient (Wildman–Crippen LogP) is 10.4. The maximum Gasteiger partial charge on any atom is 0.266 e. The number of unbranched alkanes of at least 4 members (excludes halogenated alkanes) is 20. The normalized spacial score (nSPS) is 13.9. The molecular weight excluding hydrogens is 478 g/mol. The van der Waals surface area contributed by atoms with Crippen LogP contribution in [0.5, 0.6) is 0 Å². The average molecular weight is 546 g/mol. The molecule has 0 aromatic rings. The van der Waals surface area contributed by atoms with E-state index in [1.165, 1.54) is 141 Å². The smallest absolute Gasteiger partial charge is 0.266 e. The summed E-state index contributed by atoms with van der Waals surface area (Å²) in [6.07, 6.45) is 31.9. The first-order valence-electron chi connectivity index (χ1n) is 16.5. The molecule has 0 radical (unpaired) electrons. The Labute approximate surface area is 233 Å². The molecule has 0 aliphatic carbocycles.